The van der Waals surface area contributed by atoms with Crippen molar-refractivity contribution < 1.29 is 23.9 Å². The number of thiophene rings is 1. The van der Waals surface area contributed by atoms with Crippen molar-refractivity contribution in [2.45, 2.75) is 31.7 Å². The summed E-state index contributed by atoms with van der Waals surface area (Å²) in [6.45, 7) is 0.686. The molecule has 2 aliphatic rings. The molecular formula is C22H27N5O6S. The lowest BCUT2D eigenvalue weighted by molar-refractivity contribution is -0.144. The number of aryl methyl sites for hydroxylation is 1. The van der Waals surface area contributed by atoms with Gasteiger partial charge in [-0.1, -0.05) is 0 Å². The number of methoxy groups -OCH3 is 2. The van der Waals surface area contributed by atoms with E-state index >= 15 is 0 Å². The predicted molar refractivity (Wildman–Crippen MR) is 124 cm³/mol. The number of aromatic amines is 1. The largest absolute Gasteiger partial charge is 0.469 e. The molecule has 0 spiro atoms. The number of nitrogens with two attached hydrogens (primary N) is 1. The third-order valence-corrected chi connectivity index (χ3v) is 7.43. The molecule has 11 nitrogen and oxygen atoms in total. The number of hydrogen-bond acceptors (Lipinski definition) is 10. The number of nitrogen functional groups attached to an aromatic ring is 1. The molecule has 0 radical (unpaired) electrons. The zero-order valence-electron chi connectivity index (χ0n) is 18.9. The first-order chi connectivity index (χ1) is 16.3. The molecule has 1 amide bonds. The molecular weight excluding hydrogens is 462 g/mol. The van der Waals surface area contributed by atoms with Gasteiger partial charge < -0.3 is 25.8 Å². The molecule has 1 fully saturated rings. The summed E-state index contributed by atoms with van der Waals surface area (Å²) in [4.78, 5) is 57.0. The third-order valence-electron chi connectivity index (χ3n) is 6.28. The van der Waals surface area contributed by atoms with Gasteiger partial charge in [0.15, 0.2) is 0 Å². The fourth-order valence-corrected chi connectivity index (χ4v) is 5.25. The van der Waals surface area contributed by atoms with E-state index in [0.29, 0.717) is 35.6 Å². The van der Waals surface area contributed by atoms with Crippen LogP contribution in [0, 0.1) is 17.8 Å². The van der Waals surface area contributed by atoms with Gasteiger partial charge in [-0.15, -0.1) is 11.3 Å². The number of ether oxygens (including phenoxy) is 2. The highest BCUT2D eigenvalue weighted by molar-refractivity contribution is 7.14. The van der Waals surface area contributed by atoms with Crippen LogP contribution in [0.3, 0.4) is 0 Å². The van der Waals surface area contributed by atoms with Gasteiger partial charge in [-0.05, 0) is 43.7 Å². The molecule has 4 rings (SSSR count). The van der Waals surface area contributed by atoms with Gasteiger partial charge in [0.25, 0.3) is 11.5 Å². The molecule has 0 aromatic carbocycles. The maximum Gasteiger partial charge on any atom is 0.328 e. The van der Waals surface area contributed by atoms with E-state index < -0.39 is 23.9 Å². The second-order valence-electron chi connectivity index (χ2n) is 8.54. The summed E-state index contributed by atoms with van der Waals surface area (Å²) in [6, 6.07) is 2.71. The van der Waals surface area contributed by atoms with Crippen LogP contribution in [0.5, 0.6) is 0 Å². The standard InChI is InChI=1S/C22H27N5O6S/c1-32-20(30)13-8-12(13)16(21(31)33-2)25-19(29)15-6-5-11(34-15)4-3-10-7-14-17(24-9-10)26-22(23)27-18(14)28/h5-6,10,12-13,16H,3-4,7-9H2,1-2H3,(H,25,29)(H4,23,24,26,27,28)/t10?,12-,13-,16?/m1/s1. The van der Waals surface area contributed by atoms with Gasteiger partial charge in [0.2, 0.25) is 5.95 Å². The lowest BCUT2D eigenvalue weighted by Gasteiger charge is -2.24. The SMILES string of the molecule is COC(=O)C(NC(=O)c1ccc(CCC2CNc3nc(N)[nH]c(=O)c3C2)s1)[C@@H]1C[C@H]1C(=O)OC. The summed E-state index contributed by atoms with van der Waals surface area (Å²) in [5, 5.41) is 5.89. The molecule has 0 saturated heterocycles. The maximum atomic E-state index is 12.8. The number of H-pyrrole nitrogens is 1. The van der Waals surface area contributed by atoms with Crippen LogP contribution in [0.2, 0.25) is 0 Å². The van der Waals surface area contributed by atoms with E-state index in [4.69, 9.17) is 15.2 Å². The first kappa shape index (κ1) is 23.7. The molecule has 4 atom stereocenters. The average Bonchev–Trinajstić information content (AvgIpc) is 3.47. The zero-order chi connectivity index (χ0) is 24.4. The van der Waals surface area contributed by atoms with Crippen LogP contribution in [0.4, 0.5) is 11.8 Å². The van der Waals surface area contributed by atoms with Gasteiger partial charge in [0, 0.05) is 17.3 Å². The Morgan fingerprint density at radius 1 is 1.29 bits per heavy atom. The van der Waals surface area contributed by atoms with Gasteiger partial charge in [-0.2, -0.15) is 4.98 Å². The predicted octanol–water partition coefficient (Wildman–Crippen LogP) is 0.711. The minimum Gasteiger partial charge on any atom is -0.469 e. The fraction of sp³-hybridized carbons (Fsp3) is 0.500. The Morgan fingerprint density at radius 3 is 2.82 bits per heavy atom. The number of nitrogens with one attached hydrogen (secondary N) is 3. The van der Waals surface area contributed by atoms with Gasteiger partial charge in [-0.25, -0.2) is 4.79 Å². The van der Waals surface area contributed by atoms with Crippen molar-refractivity contribution in [3.8, 4) is 0 Å². The van der Waals surface area contributed by atoms with Crippen molar-refractivity contribution in [1.29, 1.82) is 0 Å². The summed E-state index contributed by atoms with van der Waals surface area (Å²) >= 11 is 1.35. The Labute approximate surface area is 199 Å². The summed E-state index contributed by atoms with van der Waals surface area (Å²) in [5.74, 6) is -1.24. The number of aromatic nitrogens is 2. The first-order valence-corrected chi connectivity index (χ1v) is 11.8. The summed E-state index contributed by atoms with van der Waals surface area (Å²) in [7, 11) is 2.54. The Bertz CT molecular complexity index is 1160. The van der Waals surface area contributed by atoms with Gasteiger partial charge in [0.1, 0.15) is 11.9 Å². The topological polar surface area (TPSA) is 165 Å². The number of esters is 2. The Hall–Kier alpha value is -3.41. The molecule has 12 heteroatoms. The third kappa shape index (κ3) is 5.06. The van der Waals surface area contributed by atoms with E-state index in [-0.39, 0.29) is 29.3 Å². The van der Waals surface area contributed by atoms with Crippen LogP contribution in [0.15, 0.2) is 16.9 Å². The molecule has 0 bridgehead atoms. The number of carbonyl (C=O) groups is 3. The minimum atomic E-state index is -0.902. The van der Waals surface area contributed by atoms with Crippen LogP contribution in [0.1, 0.15) is 33.0 Å². The zero-order valence-corrected chi connectivity index (χ0v) is 19.7. The normalized spacial score (nSPS) is 21.5. The highest BCUT2D eigenvalue weighted by atomic mass is 32.1. The Balaban J connectivity index is 1.34. The Morgan fingerprint density at radius 2 is 2.09 bits per heavy atom. The van der Waals surface area contributed by atoms with Crippen molar-refractivity contribution in [2.75, 3.05) is 31.8 Å². The van der Waals surface area contributed by atoms with E-state index in [0.717, 1.165) is 17.7 Å². The molecule has 2 unspecified atom stereocenters. The highest BCUT2D eigenvalue weighted by Crippen LogP contribution is 2.42. The first-order valence-electron chi connectivity index (χ1n) is 11.0. The molecule has 3 heterocycles. The molecule has 5 N–H and O–H groups in total. The van der Waals surface area contributed by atoms with Crippen molar-refractivity contribution in [3.63, 3.8) is 0 Å². The maximum absolute atomic E-state index is 12.8. The number of anilines is 2. The molecule has 2 aromatic heterocycles. The molecule has 2 aromatic rings. The van der Waals surface area contributed by atoms with E-state index in [2.05, 4.69) is 20.6 Å². The molecule has 34 heavy (non-hydrogen) atoms. The van der Waals surface area contributed by atoms with Gasteiger partial charge >= 0.3 is 11.9 Å². The van der Waals surface area contributed by atoms with Crippen LogP contribution in [0.25, 0.3) is 0 Å². The van der Waals surface area contributed by atoms with Crippen molar-refractivity contribution in [3.05, 3.63) is 37.8 Å². The molecule has 1 aliphatic heterocycles. The van der Waals surface area contributed by atoms with E-state index in [1.807, 2.05) is 6.07 Å². The van der Waals surface area contributed by atoms with E-state index in [1.54, 1.807) is 6.07 Å². The second kappa shape index (κ2) is 9.84. The number of carbonyl (C=O) groups excluding carboxylic acids is 3. The smallest absolute Gasteiger partial charge is 0.328 e. The Kier molecular flexibility index (Phi) is 6.87. The van der Waals surface area contributed by atoms with Crippen LogP contribution >= 0.6 is 11.3 Å². The molecule has 182 valence electrons. The number of nitrogens with zero attached hydrogens (tertiary/aromatic N) is 1. The summed E-state index contributed by atoms with van der Waals surface area (Å²) in [6.07, 6.45) is 2.64. The fourth-order valence-electron chi connectivity index (χ4n) is 4.32. The second-order valence-corrected chi connectivity index (χ2v) is 9.71. The highest BCUT2D eigenvalue weighted by Gasteiger charge is 2.52. The lowest BCUT2D eigenvalue weighted by Crippen LogP contribution is -2.43. The molecule has 1 saturated carbocycles. The number of hydrogen-bond donors (Lipinski definition) is 4. The van der Waals surface area contributed by atoms with E-state index in [9.17, 15) is 19.2 Å². The number of amides is 1. The van der Waals surface area contributed by atoms with Crippen molar-refractivity contribution >= 4 is 40.9 Å². The minimum absolute atomic E-state index is 0.0935. The van der Waals surface area contributed by atoms with Crippen LogP contribution < -0.4 is 21.9 Å². The lowest BCUT2D eigenvalue weighted by atomic mass is 9.92. The van der Waals surface area contributed by atoms with Crippen molar-refractivity contribution in [2.24, 2.45) is 17.8 Å². The van der Waals surface area contributed by atoms with Gasteiger partial charge in [-0.3, -0.25) is 19.4 Å². The van der Waals surface area contributed by atoms with Crippen LogP contribution in [-0.2, 0) is 31.9 Å². The summed E-state index contributed by atoms with van der Waals surface area (Å²) < 4.78 is 9.55. The number of fused-ring (bicyclic) bond motifs is 1. The van der Waals surface area contributed by atoms with Crippen LogP contribution in [-0.4, -0.2) is 54.6 Å². The van der Waals surface area contributed by atoms with E-state index in [1.165, 1.54) is 25.6 Å². The monoisotopic (exact) mass is 489 g/mol. The summed E-state index contributed by atoms with van der Waals surface area (Å²) in [5.41, 5.74) is 5.98. The molecule has 1 aliphatic carbocycles. The quantitative estimate of drug-likeness (QED) is 0.391. The average molecular weight is 490 g/mol. The number of rotatable bonds is 8. The van der Waals surface area contributed by atoms with Gasteiger partial charge in [0.05, 0.1) is 30.6 Å². The van der Waals surface area contributed by atoms with Crippen molar-refractivity contribution in [1.82, 2.24) is 15.3 Å².